The number of tetrazole rings is 1. The largest absolute Gasteiger partial charge is 0.486 e. The number of hydrogen-bond acceptors (Lipinski definition) is 8. The fourth-order valence-corrected chi connectivity index (χ4v) is 2.88. The second-order valence-corrected chi connectivity index (χ2v) is 6.86. The zero-order valence-electron chi connectivity index (χ0n) is 16.8. The molecule has 2 aromatic carbocycles. The quantitative estimate of drug-likeness (QED) is 0.290. The van der Waals surface area contributed by atoms with E-state index >= 15 is 0 Å². The molecule has 4 aromatic rings. The lowest BCUT2D eigenvalue weighted by atomic mass is 10.1. The Balaban J connectivity index is 1.35. The van der Waals surface area contributed by atoms with Crippen LogP contribution in [0, 0.1) is 10.1 Å². The molecule has 158 valence electrons. The molecule has 0 spiro atoms. The molecule has 4 rings (SSSR count). The summed E-state index contributed by atoms with van der Waals surface area (Å²) in [7, 11) is 0. The fourth-order valence-electron chi connectivity index (χ4n) is 2.88. The summed E-state index contributed by atoms with van der Waals surface area (Å²) in [6.45, 7) is 3.07. The molecule has 0 bridgehead atoms. The van der Waals surface area contributed by atoms with Crippen LogP contribution in [0.25, 0.3) is 22.6 Å². The molecule has 10 heteroatoms. The van der Waals surface area contributed by atoms with E-state index in [4.69, 9.17) is 9.26 Å². The van der Waals surface area contributed by atoms with Gasteiger partial charge in [-0.25, -0.2) is 0 Å². The first-order valence-electron chi connectivity index (χ1n) is 9.84. The van der Waals surface area contributed by atoms with Crippen molar-refractivity contribution in [1.82, 2.24) is 25.4 Å². The van der Waals surface area contributed by atoms with Crippen LogP contribution in [0.1, 0.15) is 25.5 Å². The minimum Gasteiger partial charge on any atom is -0.486 e. The number of non-ortho nitro benzene ring substituents is 1. The molecule has 2 aromatic heterocycles. The van der Waals surface area contributed by atoms with Gasteiger partial charge in [-0.3, -0.25) is 10.1 Å². The van der Waals surface area contributed by atoms with Crippen LogP contribution in [-0.2, 0) is 13.2 Å². The zero-order valence-corrected chi connectivity index (χ0v) is 16.8. The zero-order chi connectivity index (χ0) is 21.6. The van der Waals surface area contributed by atoms with Crippen LogP contribution in [0.2, 0.25) is 0 Å². The normalized spacial score (nSPS) is 10.9. The molecule has 0 amide bonds. The van der Waals surface area contributed by atoms with E-state index in [0.717, 1.165) is 30.5 Å². The summed E-state index contributed by atoms with van der Waals surface area (Å²) in [5.74, 6) is 1.78. The van der Waals surface area contributed by atoms with E-state index in [1.165, 1.54) is 12.1 Å². The van der Waals surface area contributed by atoms with Crippen molar-refractivity contribution >= 4 is 5.69 Å². The number of unbranched alkanes of at least 4 members (excludes halogenated alkanes) is 1. The summed E-state index contributed by atoms with van der Waals surface area (Å²) in [6, 6.07) is 15.3. The minimum atomic E-state index is -0.443. The Kier molecular flexibility index (Phi) is 5.97. The molecule has 2 heterocycles. The molecule has 0 saturated carbocycles. The van der Waals surface area contributed by atoms with Gasteiger partial charge in [0, 0.05) is 29.3 Å². The number of nitro benzene ring substituents is 1. The number of hydrogen-bond donors (Lipinski definition) is 0. The number of nitrogens with zero attached hydrogens (tertiary/aromatic N) is 6. The van der Waals surface area contributed by atoms with Crippen molar-refractivity contribution in [2.75, 3.05) is 0 Å². The molecule has 0 saturated heterocycles. The molecular formula is C21H20N6O4. The second-order valence-electron chi connectivity index (χ2n) is 6.86. The third-order valence-corrected chi connectivity index (χ3v) is 4.59. The van der Waals surface area contributed by atoms with Crippen molar-refractivity contribution in [2.24, 2.45) is 0 Å². The van der Waals surface area contributed by atoms with Crippen molar-refractivity contribution in [3.8, 4) is 28.4 Å². The predicted octanol–water partition coefficient (Wildman–Crippen LogP) is 4.28. The minimum absolute atomic E-state index is 0.0259. The Morgan fingerprint density at radius 2 is 1.84 bits per heavy atom. The fraction of sp³-hybridized carbons (Fsp3) is 0.238. The molecule has 0 aliphatic carbocycles. The van der Waals surface area contributed by atoms with E-state index in [2.05, 4.69) is 27.5 Å². The van der Waals surface area contributed by atoms with E-state index < -0.39 is 4.92 Å². The van der Waals surface area contributed by atoms with Gasteiger partial charge in [-0.05, 0) is 48.0 Å². The van der Waals surface area contributed by atoms with Crippen LogP contribution in [0.15, 0.2) is 59.1 Å². The molecule has 0 aliphatic rings. The van der Waals surface area contributed by atoms with Gasteiger partial charge in [-0.15, -0.1) is 10.2 Å². The molecule has 0 unspecified atom stereocenters. The van der Waals surface area contributed by atoms with Crippen molar-refractivity contribution in [3.05, 3.63) is 70.5 Å². The lowest BCUT2D eigenvalue weighted by Crippen LogP contribution is -2.01. The lowest BCUT2D eigenvalue weighted by molar-refractivity contribution is -0.384. The SMILES string of the molecule is CCCCn1nnc(-c2ccc(OCc3cc(-c4ccc([N+](=O)[O-])cc4)no3)cc2)n1. The Bertz CT molecular complexity index is 1150. The number of aromatic nitrogens is 5. The summed E-state index contributed by atoms with van der Waals surface area (Å²) in [5.41, 5.74) is 2.19. The van der Waals surface area contributed by atoms with Gasteiger partial charge in [0.2, 0.25) is 5.82 Å². The van der Waals surface area contributed by atoms with Gasteiger partial charge in [0.25, 0.3) is 5.69 Å². The maximum absolute atomic E-state index is 10.8. The highest BCUT2D eigenvalue weighted by molar-refractivity contribution is 5.60. The maximum atomic E-state index is 10.8. The van der Waals surface area contributed by atoms with Gasteiger partial charge in [-0.1, -0.05) is 18.5 Å². The van der Waals surface area contributed by atoms with Gasteiger partial charge in [-0.2, -0.15) is 4.80 Å². The molecule has 0 fully saturated rings. The standard InChI is InChI=1S/C21H20N6O4/c1-2-3-12-26-23-21(22-25-26)16-6-10-18(11-7-16)30-14-19-13-20(24-31-19)15-4-8-17(9-5-15)27(28)29/h4-11,13H,2-3,12,14H2,1H3. The lowest BCUT2D eigenvalue weighted by Gasteiger charge is -2.03. The average Bonchev–Trinajstić information content (AvgIpc) is 3.47. The third kappa shape index (κ3) is 4.92. The molecule has 10 nitrogen and oxygen atoms in total. The van der Waals surface area contributed by atoms with Crippen LogP contribution < -0.4 is 4.74 Å². The number of nitro groups is 1. The third-order valence-electron chi connectivity index (χ3n) is 4.59. The molecule has 31 heavy (non-hydrogen) atoms. The first-order chi connectivity index (χ1) is 15.1. The summed E-state index contributed by atoms with van der Waals surface area (Å²) in [5, 5.41) is 27.3. The van der Waals surface area contributed by atoms with Gasteiger partial charge in [0.15, 0.2) is 5.76 Å². The summed E-state index contributed by atoms with van der Waals surface area (Å²) in [4.78, 5) is 11.9. The Morgan fingerprint density at radius 3 is 2.55 bits per heavy atom. The van der Waals surface area contributed by atoms with Crippen LogP contribution in [0.5, 0.6) is 5.75 Å². The Labute approximate surface area is 177 Å². The highest BCUT2D eigenvalue weighted by atomic mass is 16.6. The molecular weight excluding hydrogens is 400 g/mol. The van der Waals surface area contributed by atoms with Crippen LogP contribution in [0.4, 0.5) is 5.69 Å². The smallest absolute Gasteiger partial charge is 0.269 e. The summed E-state index contributed by atoms with van der Waals surface area (Å²) < 4.78 is 11.1. The molecule has 0 radical (unpaired) electrons. The van der Waals surface area contributed by atoms with Crippen molar-refractivity contribution < 1.29 is 14.2 Å². The number of benzene rings is 2. The van der Waals surface area contributed by atoms with E-state index in [1.807, 2.05) is 24.3 Å². The van der Waals surface area contributed by atoms with E-state index in [9.17, 15) is 10.1 Å². The van der Waals surface area contributed by atoms with Crippen LogP contribution in [0.3, 0.4) is 0 Å². The number of ether oxygens (including phenoxy) is 1. The molecule has 0 aliphatic heterocycles. The van der Waals surface area contributed by atoms with Gasteiger partial charge < -0.3 is 9.26 Å². The molecule has 0 N–H and O–H groups in total. The predicted molar refractivity (Wildman–Crippen MR) is 111 cm³/mol. The van der Waals surface area contributed by atoms with E-state index in [1.54, 1.807) is 23.0 Å². The maximum Gasteiger partial charge on any atom is 0.269 e. The van der Waals surface area contributed by atoms with Crippen molar-refractivity contribution in [3.63, 3.8) is 0 Å². The monoisotopic (exact) mass is 420 g/mol. The summed E-state index contributed by atoms with van der Waals surface area (Å²) >= 11 is 0. The van der Waals surface area contributed by atoms with E-state index in [-0.39, 0.29) is 12.3 Å². The Hall–Kier alpha value is -4.08. The van der Waals surface area contributed by atoms with Crippen LogP contribution in [-0.4, -0.2) is 30.3 Å². The topological polar surface area (TPSA) is 122 Å². The first kappa shape index (κ1) is 20.2. The van der Waals surface area contributed by atoms with Gasteiger partial charge in [0.05, 0.1) is 11.5 Å². The number of aryl methyl sites for hydroxylation is 1. The first-order valence-corrected chi connectivity index (χ1v) is 9.84. The van der Waals surface area contributed by atoms with Crippen LogP contribution >= 0.6 is 0 Å². The van der Waals surface area contributed by atoms with Crippen molar-refractivity contribution in [2.45, 2.75) is 32.9 Å². The van der Waals surface area contributed by atoms with Gasteiger partial charge >= 0.3 is 0 Å². The van der Waals surface area contributed by atoms with E-state index in [0.29, 0.717) is 23.0 Å². The summed E-state index contributed by atoms with van der Waals surface area (Å²) in [6.07, 6.45) is 2.08. The average molecular weight is 420 g/mol. The Morgan fingerprint density at radius 1 is 1.10 bits per heavy atom. The highest BCUT2D eigenvalue weighted by Gasteiger charge is 2.11. The highest BCUT2D eigenvalue weighted by Crippen LogP contribution is 2.24. The number of rotatable bonds is 9. The molecule has 0 atom stereocenters. The van der Waals surface area contributed by atoms with Crippen molar-refractivity contribution in [1.29, 1.82) is 0 Å². The second kappa shape index (κ2) is 9.16. The van der Waals surface area contributed by atoms with Gasteiger partial charge in [0.1, 0.15) is 18.1 Å².